The molecule has 1 aromatic carbocycles. The molecule has 0 spiro atoms. The average Bonchev–Trinajstić information content (AvgIpc) is 3.05. The van der Waals surface area contributed by atoms with Gasteiger partial charge in [0.15, 0.2) is 0 Å². The Bertz CT molecular complexity index is 629. The van der Waals surface area contributed by atoms with E-state index >= 15 is 0 Å². The summed E-state index contributed by atoms with van der Waals surface area (Å²) >= 11 is 1.80. The van der Waals surface area contributed by atoms with E-state index in [1.165, 1.54) is 28.8 Å². The van der Waals surface area contributed by atoms with Crippen molar-refractivity contribution in [2.24, 2.45) is 0 Å². The Morgan fingerprint density at radius 1 is 1.42 bits per heavy atom. The lowest BCUT2D eigenvalue weighted by atomic mass is 10.1. The van der Waals surface area contributed by atoms with Crippen LogP contribution in [0, 0.1) is 5.82 Å². The van der Waals surface area contributed by atoms with Crippen LogP contribution in [-0.2, 0) is 12.8 Å². The molecule has 4 heteroatoms. The van der Waals surface area contributed by atoms with Crippen molar-refractivity contribution in [2.45, 2.75) is 31.7 Å². The Kier molecular flexibility index (Phi) is 2.67. The monoisotopic (exact) mass is 274 g/mol. The van der Waals surface area contributed by atoms with E-state index in [9.17, 15) is 4.39 Å². The fourth-order valence-electron chi connectivity index (χ4n) is 3.07. The fraction of sp³-hybridized carbons (Fsp3) is 0.400. The van der Waals surface area contributed by atoms with Crippen molar-refractivity contribution in [2.75, 3.05) is 6.54 Å². The van der Waals surface area contributed by atoms with E-state index in [0.717, 1.165) is 36.2 Å². The molecule has 1 unspecified atom stereocenters. The molecule has 1 saturated heterocycles. The van der Waals surface area contributed by atoms with Gasteiger partial charge >= 0.3 is 0 Å². The van der Waals surface area contributed by atoms with E-state index in [1.807, 2.05) is 6.07 Å². The van der Waals surface area contributed by atoms with Crippen molar-refractivity contribution in [3.63, 3.8) is 0 Å². The highest BCUT2D eigenvalue weighted by Crippen LogP contribution is 2.40. The molecule has 1 atom stereocenters. The first kappa shape index (κ1) is 11.6. The molecule has 1 fully saturated rings. The third-order valence-corrected chi connectivity index (χ3v) is 5.08. The quantitative estimate of drug-likeness (QED) is 0.776. The molecule has 4 rings (SSSR count). The summed E-state index contributed by atoms with van der Waals surface area (Å²) in [6, 6.07) is 5.64. The van der Waals surface area contributed by atoms with E-state index in [2.05, 4.69) is 5.32 Å². The smallest absolute Gasteiger partial charge is 0.123 e. The van der Waals surface area contributed by atoms with Crippen LogP contribution >= 0.6 is 11.3 Å². The zero-order valence-corrected chi connectivity index (χ0v) is 11.4. The van der Waals surface area contributed by atoms with Crippen LogP contribution in [0.5, 0.6) is 0 Å². The molecule has 19 heavy (non-hydrogen) atoms. The maximum absolute atomic E-state index is 13.2. The van der Waals surface area contributed by atoms with Crippen LogP contribution in [0.1, 0.15) is 28.3 Å². The fourth-order valence-corrected chi connectivity index (χ4v) is 4.26. The summed E-state index contributed by atoms with van der Waals surface area (Å²) < 4.78 is 13.2. The van der Waals surface area contributed by atoms with Crippen molar-refractivity contribution in [1.29, 1.82) is 0 Å². The molecule has 98 valence electrons. The molecular weight excluding hydrogens is 259 g/mol. The second kappa shape index (κ2) is 4.39. The highest BCUT2D eigenvalue weighted by molar-refractivity contribution is 7.12. The van der Waals surface area contributed by atoms with Gasteiger partial charge in [-0.15, -0.1) is 11.3 Å². The molecule has 0 radical (unpaired) electrons. The number of rotatable bonds is 2. The topological polar surface area (TPSA) is 24.9 Å². The molecule has 2 aliphatic rings. The Labute approximate surface area is 115 Å². The van der Waals surface area contributed by atoms with E-state index in [-0.39, 0.29) is 5.82 Å². The van der Waals surface area contributed by atoms with Crippen LogP contribution in [0.3, 0.4) is 0 Å². The number of nitrogens with one attached hydrogen (secondary N) is 1. The molecule has 2 nitrogen and oxygen atoms in total. The lowest BCUT2D eigenvalue weighted by Gasteiger charge is -2.06. The Hall–Kier alpha value is -1.26. The minimum atomic E-state index is -0.149. The summed E-state index contributed by atoms with van der Waals surface area (Å²) in [6.07, 6.45) is 4.41. The molecule has 2 aromatic rings. The molecule has 2 heterocycles. The summed E-state index contributed by atoms with van der Waals surface area (Å²) in [4.78, 5) is 6.08. The first-order valence-corrected chi connectivity index (χ1v) is 7.62. The number of thiazole rings is 1. The minimum Gasteiger partial charge on any atom is -0.314 e. The first-order chi connectivity index (χ1) is 9.29. The van der Waals surface area contributed by atoms with Gasteiger partial charge in [0.1, 0.15) is 5.82 Å². The normalized spacial score (nSPS) is 20.6. The number of fused-ring (bicyclic) bond motifs is 3. The summed E-state index contributed by atoms with van der Waals surface area (Å²) in [5.41, 5.74) is 3.30. The predicted octanol–water partition coefficient (Wildman–Crippen LogP) is 3.15. The van der Waals surface area contributed by atoms with Crippen LogP contribution in [0.25, 0.3) is 11.3 Å². The maximum Gasteiger partial charge on any atom is 0.123 e. The predicted molar refractivity (Wildman–Crippen MR) is 75.0 cm³/mol. The van der Waals surface area contributed by atoms with Gasteiger partial charge in [-0.2, -0.15) is 0 Å². The van der Waals surface area contributed by atoms with Gasteiger partial charge in [0.2, 0.25) is 0 Å². The second-order valence-corrected chi connectivity index (χ2v) is 6.52. The molecule has 0 amide bonds. The molecule has 0 saturated carbocycles. The van der Waals surface area contributed by atoms with Gasteiger partial charge in [0, 0.05) is 29.3 Å². The van der Waals surface area contributed by atoms with Gasteiger partial charge in [-0.25, -0.2) is 9.37 Å². The lowest BCUT2D eigenvalue weighted by molar-refractivity contribution is 0.601. The van der Waals surface area contributed by atoms with E-state index in [4.69, 9.17) is 4.98 Å². The van der Waals surface area contributed by atoms with Crippen molar-refractivity contribution in [1.82, 2.24) is 10.3 Å². The van der Waals surface area contributed by atoms with Gasteiger partial charge in [0.05, 0.1) is 10.7 Å². The van der Waals surface area contributed by atoms with Gasteiger partial charge in [-0.3, -0.25) is 0 Å². The largest absolute Gasteiger partial charge is 0.314 e. The molecule has 0 bridgehead atoms. The summed E-state index contributed by atoms with van der Waals surface area (Å²) in [5, 5.41) is 4.74. The summed E-state index contributed by atoms with van der Waals surface area (Å²) in [5.74, 6) is -0.149. The highest BCUT2D eigenvalue weighted by Gasteiger charge is 2.25. The molecular formula is C15H15FN2S. The van der Waals surface area contributed by atoms with Crippen molar-refractivity contribution >= 4 is 11.3 Å². The SMILES string of the molecule is Fc1ccc2c(c1)Cc1sc(CC3CCCN3)nc1-2. The standard InChI is InChI=1S/C15H15FN2S/c16-10-3-4-12-9(6-10)7-13-15(12)18-14(19-13)8-11-2-1-5-17-11/h3-4,6,11,17H,1-2,5,7-8H2. The van der Waals surface area contributed by atoms with Gasteiger partial charge in [0.25, 0.3) is 0 Å². The minimum absolute atomic E-state index is 0.149. The average molecular weight is 274 g/mol. The lowest BCUT2D eigenvalue weighted by Crippen LogP contribution is -2.23. The number of hydrogen-bond acceptors (Lipinski definition) is 3. The van der Waals surface area contributed by atoms with Crippen LogP contribution in [-0.4, -0.2) is 17.6 Å². The van der Waals surface area contributed by atoms with Gasteiger partial charge in [-0.05, 0) is 43.1 Å². The highest BCUT2D eigenvalue weighted by atomic mass is 32.1. The first-order valence-electron chi connectivity index (χ1n) is 6.80. The molecule has 1 aliphatic heterocycles. The third kappa shape index (κ3) is 1.99. The van der Waals surface area contributed by atoms with Gasteiger partial charge < -0.3 is 5.32 Å². The maximum atomic E-state index is 13.2. The van der Waals surface area contributed by atoms with Crippen LogP contribution in [0.15, 0.2) is 18.2 Å². The van der Waals surface area contributed by atoms with Crippen molar-refractivity contribution in [3.8, 4) is 11.3 Å². The van der Waals surface area contributed by atoms with Gasteiger partial charge in [-0.1, -0.05) is 0 Å². The van der Waals surface area contributed by atoms with E-state index in [1.54, 1.807) is 17.4 Å². The number of nitrogens with zero attached hydrogens (tertiary/aromatic N) is 1. The third-order valence-electron chi connectivity index (χ3n) is 4.00. The van der Waals surface area contributed by atoms with E-state index in [0.29, 0.717) is 6.04 Å². The number of hydrogen-bond donors (Lipinski definition) is 1. The number of benzene rings is 1. The zero-order valence-electron chi connectivity index (χ0n) is 10.6. The van der Waals surface area contributed by atoms with E-state index < -0.39 is 0 Å². The Morgan fingerprint density at radius 2 is 2.37 bits per heavy atom. The van der Waals surface area contributed by atoms with Crippen LogP contribution < -0.4 is 5.32 Å². The number of aromatic nitrogens is 1. The zero-order chi connectivity index (χ0) is 12.8. The summed E-state index contributed by atoms with van der Waals surface area (Å²) in [7, 11) is 0. The van der Waals surface area contributed by atoms with Crippen molar-refractivity contribution in [3.05, 3.63) is 39.5 Å². The van der Waals surface area contributed by atoms with Crippen LogP contribution in [0.4, 0.5) is 4.39 Å². The van der Waals surface area contributed by atoms with Crippen LogP contribution in [0.2, 0.25) is 0 Å². The molecule has 1 aromatic heterocycles. The number of halogens is 1. The Morgan fingerprint density at radius 3 is 3.21 bits per heavy atom. The summed E-state index contributed by atoms with van der Waals surface area (Å²) in [6.45, 7) is 1.14. The van der Waals surface area contributed by atoms with Crippen molar-refractivity contribution < 1.29 is 4.39 Å². The molecule has 1 aliphatic carbocycles. The molecule has 1 N–H and O–H groups in total. The Balaban J connectivity index is 1.63. The second-order valence-electron chi connectivity index (χ2n) is 5.36.